The van der Waals surface area contributed by atoms with Crippen molar-refractivity contribution in [2.45, 2.75) is 26.4 Å². The quantitative estimate of drug-likeness (QED) is 0.720. The molecule has 1 N–H and O–H groups in total. The van der Waals surface area contributed by atoms with Gasteiger partial charge < -0.3 is 19.6 Å². The zero-order valence-electron chi connectivity index (χ0n) is 11.1. The smallest absolute Gasteiger partial charge is 0.410 e. The van der Waals surface area contributed by atoms with Crippen molar-refractivity contribution < 1.29 is 19.4 Å². The van der Waals surface area contributed by atoms with E-state index in [4.69, 9.17) is 9.84 Å². The Hall–Kier alpha value is -1.30. The summed E-state index contributed by atoms with van der Waals surface area (Å²) in [6.07, 6.45) is -0.292. The van der Waals surface area contributed by atoms with Gasteiger partial charge in [0.2, 0.25) is 5.91 Å². The van der Waals surface area contributed by atoms with Gasteiger partial charge in [-0.15, -0.1) is 0 Å². The van der Waals surface area contributed by atoms with Gasteiger partial charge in [0.1, 0.15) is 12.2 Å². The lowest BCUT2D eigenvalue weighted by Gasteiger charge is -2.59. The van der Waals surface area contributed by atoms with E-state index in [2.05, 4.69) is 0 Å². The highest BCUT2D eigenvalue weighted by molar-refractivity contribution is 5.78. The minimum Gasteiger partial charge on any atom is -0.444 e. The fraction of sp³-hybridized carbons (Fsp3) is 0.833. The molecule has 2 amide bonds. The van der Waals surface area contributed by atoms with Gasteiger partial charge in [0.15, 0.2) is 0 Å². The summed E-state index contributed by atoms with van der Waals surface area (Å²) >= 11 is 0. The van der Waals surface area contributed by atoms with E-state index in [1.54, 1.807) is 9.80 Å². The molecule has 2 rings (SSSR count). The van der Waals surface area contributed by atoms with E-state index < -0.39 is 12.2 Å². The molecule has 6 heteroatoms. The van der Waals surface area contributed by atoms with Crippen LogP contribution in [0.4, 0.5) is 4.79 Å². The number of carbonyl (C=O) groups excluding carboxylic acids is 2. The van der Waals surface area contributed by atoms with Crippen LogP contribution in [-0.4, -0.2) is 65.3 Å². The summed E-state index contributed by atoms with van der Waals surface area (Å²) in [6.45, 7) is 7.61. The summed E-state index contributed by atoms with van der Waals surface area (Å²) in [6, 6.07) is 0. The molecule has 6 nitrogen and oxygen atoms in total. The summed E-state index contributed by atoms with van der Waals surface area (Å²) in [4.78, 5) is 26.2. The summed E-state index contributed by atoms with van der Waals surface area (Å²) in [5.41, 5.74) is -0.430. The van der Waals surface area contributed by atoms with Crippen molar-refractivity contribution in [3.63, 3.8) is 0 Å². The van der Waals surface area contributed by atoms with Crippen molar-refractivity contribution in [2.75, 3.05) is 32.8 Å². The molecule has 0 aromatic rings. The molecule has 2 aliphatic rings. The van der Waals surface area contributed by atoms with E-state index in [0.717, 1.165) is 0 Å². The number of ether oxygens (including phenoxy) is 1. The molecular formula is C12H20N2O4. The highest BCUT2D eigenvalue weighted by Crippen LogP contribution is 2.40. The zero-order chi connectivity index (χ0) is 13.6. The second-order valence-corrected chi connectivity index (χ2v) is 6.24. The summed E-state index contributed by atoms with van der Waals surface area (Å²) in [7, 11) is 0. The van der Waals surface area contributed by atoms with E-state index in [-0.39, 0.29) is 17.4 Å². The number of nitrogens with zero attached hydrogens (tertiary/aromatic N) is 2. The molecule has 18 heavy (non-hydrogen) atoms. The monoisotopic (exact) mass is 256 g/mol. The minimum absolute atomic E-state index is 0.0434. The number of rotatable bonds is 1. The first-order valence-corrected chi connectivity index (χ1v) is 6.11. The number of aliphatic hydroxyl groups excluding tert-OH is 1. The van der Waals surface area contributed by atoms with Crippen LogP contribution in [0.1, 0.15) is 20.8 Å². The first-order chi connectivity index (χ1) is 8.25. The molecule has 0 bridgehead atoms. The molecule has 0 atom stereocenters. The van der Waals surface area contributed by atoms with Gasteiger partial charge in [-0.2, -0.15) is 0 Å². The molecular weight excluding hydrogens is 236 g/mol. The Morgan fingerprint density at radius 1 is 1.17 bits per heavy atom. The molecule has 0 aromatic heterocycles. The van der Waals surface area contributed by atoms with Crippen LogP contribution in [0, 0.1) is 5.41 Å². The van der Waals surface area contributed by atoms with Crippen LogP contribution >= 0.6 is 0 Å². The SMILES string of the molecule is CC(C)(C)OC(=O)N1CC2(CN(C(=O)CO)C2)C1. The van der Waals surface area contributed by atoms with E-state index in [1.807, 2.05) is 20.8 Å². The second kappa shape index (κ2) is 4.12. The van der Waals surface area contributed by atoms with Crippen molar-refractivity contribution >= 4 is 12.0 Å². The fourth-order valence-electron chi connectivity index (χ4n) is 2.46. The maximum atomic E-state index is 11.7. The number of aliphatic hydroxyl groups is 1. The average molecular weight is 256 g/mol. The molecule has 1 spiro atoms. The number of amides is 2. The molecule has 2 heterocycles. The molecule has 0 saturated carbocycles. The highest BCUT2D eigenvalue weighted by atomic mass is 16.6. The van der Waals surface area contributed by atoms with Crippen LogP contribution in [0.25, 0.3) is 0 Å². The number of hydrogen-bond donors (Lipinski definition) is 1. The van der Waals surface area contributed by atoms with Gasteiger partial charge in [0.25, 0.3) is 0 Å². The van der Waals surface area contributed by atoms with E-state index in [0.29, 0.717) is 26.2 Å². The molecule has 2 saturated heterocycles. The van der Waals surface area contributed by atoms with Crippen molar-refractivity contribution in [1.82, 2.24) is 9.80 Å². The third kappa shape index (κ3) is 2.43. The molecule has 102 valence electrons. The molecule has 2 aliphatic heterocycles. The highest BCUT2D eigenvalue weighted by Gasteiger charge is 2.54. The van der Waals surface area contributed by atoms with Crippen molar-refractivity contribution in [3.05, 3.63) is 0 Å². The van der Waals surface area contributed by atoms with Gasteiger partial charge in [-0.1, -0.05) is 0 Å². The van der Waals surface area contributed by atoms with E-state index in [1.165, 1.54) is 0 Å². The predicted octanol–water partition coefficient (Wildman–Crippen LogP) is 0.0580. The fourth-order valence-corrected chi connectivity index (χ4v) is 2.46. The van der Waals surface area contributed by atoms with Crippen LogP contribution in [0.5, 0.6) is 0 Å². The van der Waals surface area contributed by atoms with Gasteiger partial charge in [-0.3, -0.25) is 4.79 Å². The topological polar surface area (TPSA) is 70.1 Å². The third-order valence-corrected chi connectivity index (χ3v) is 3.24. The molecule has 0 unspecified atom stereocenters. The van der Waals surface area contributed by atoms with Crippen molar-refractivity contribution in [3.8, 4) is 0 Å². The number of hydrogen-bond acceptors (Lipinski definition) is 4. The summed E-state index contributed by atoms with van der Waals surface area (Å²) < 4.78 is 5.27. The largest absolute Gasteiger partial charge is 0.444 e. The van der Waals surface area contributed by atoms with E-state index in [9.17, 15) is 9.59 Å². The summed E-state index contributed by atoms with van der Waals surface area (Å²) in [5, 5.41) is 8.72. The average Bonchev–Trinajstić information content (AvgIpc) is 2.09. The normalized spacial score (nSPS) is 21.3. The number of likely N-dealkylation sites (tertiary alicyclic amines) is 2. The maximum Gasteiger partial charge on any atom is 0.410 e. The Kier molecular flexibility index (Phi) is 3.01. The van der Waals surface area contributed by atoms with Crippen LogP contribution in [0.3, 0.4) is 0 Å². The van der Waals surface area contributed by atoms with Crippen LogP contribution in [0.15, 0.2) is 0 Å². The molecule has 2 fully saturated rings. The van der Waals surface area contributed by atoms with Gasteiger partial charge in [0, 0.05) is 31.6 Å². The molecule has 0 aromatic carbocycles. The summed E-state index contributed by atoms with van der Waals surface area (Å²) in [5.74, 6) is -0.239. The van der Waals surface area contributed by atoms with Gasteiger partial charge in [-0.25, -0.2) is 4.79 Å². The maximum absolute atomic E-state index is 11.7. The minimum atomic E-state index is -0.474. The lowest BCUT2D eigenvalue weighted by Crippen LogP contribution is -2.74. The Morgan fingerprint density at radius 3 is 2.11 bits per heavy atom. The van der Waals surface area contributed by atoms with Crippen molar-refractivity contribution in [1.29, 1.82) is 0 Å². The predicted molar refractivity (Wildman–Crippen MR) is 63.9 cm³/mol. The third-order valence-electron chi connectivity index (χ3n) is 3.24. The van der Waals surface area contributed by atoms with Gasteiger partial charge in [-0.05, 0) is 20.8 Å². The zero-order valence-corrected chi connectivity index (χ0v) is 11.1. The first kappa shape index (κ1) is 13.1. The first-order valence-electron chi connectivity index (χ1n) is 6.11. The van der Waals surface area contributed by atoms with Crippen LogP contribution in [0.2, 0.25) is 0 Å². The lowest BCUT2D eigenvalue weighted by molar-refractivity contribution is -0.159. The number of carbonyl (C=O) groups is 2. The van der Waals surface area contributed by atoms with Gasteiger partial charge in [0.05, 0.1) is 0 Å². The standard InChI is InChI=1S/C12H20N2O4/c1-11(2,3)18-10(17)14-7-12(8-14)5-13(6-12)9(16)4-15/h15H,4-8H2,1-3H3. The Labute approximate surface area is 106 Å². The van der Waals surface area contributed by atoms with Crippen LogP contribution < -0.4 is 0 Å². The van der Waals surface area contributed by atoms with Crippen molar-refractivity contribution in [2.24, 2.45) is 5.41 Å². The molecule has 0 radical (unpaired) electrons. The Morgan fingerprint density at radius 2 is 1.67 bits per heavy atom. The molecule has 0 aliphatic carbocycles. The Bertz CT molecular complexity index is 361. The lowest BCUT2D eigenvalue weighted by atomic mass is 9.73. The van der Waals surface area contributed by atoms with Crippen LogP contribution in [-0.2, 0) is 9.53 Å². The van der Waals surface area contributed by atoms with Gasteiger partial charge >= 0.3 is 6.09 Å². The second-order valence-electron chi connectivity index (χ2n) is 6.24. The van der Waals surface area contributed by atoms with E-state index >= 15 is 0 Å². The Balaban J connectivity index is 1.75.